The van der Waals surface area contributed by atoms with Crippen LogP contribution in [0.1, 0.15) is 19.4 Å². The highest BCUT2D eigenvalue weighted by molar-refractivity contribution is 8.00. The molecular weight excluding hydrogens is 438 g/mol. The van der Waals surface area contributed by atoms with E-state index in [9.17, 15) is 14.4 Å². The summed E-state index contributed by atoms with van der Waals surface area (Å²) < 4.78 is 0. The molecule has 0 aliphatic carbocycles. The third-order valence-electron chi connectivity index (χ3n) is 4.19. The van der Waals surface area contributed by atoms with Crippen molar-refractivity contribution in [1.29, 1.82) is 0 Å². The largest absolute Gasteiger partial charge is 0.326 e. The zero-order valence-electron chi connectivity index (χ0n) is 17.0. The lowest BCUT2D eigenvalue weighted by Crippen LogP contribution is -2.23. The molecule has 10 heteroatoms. The molecule has 0 saturated heterocycles. The average Bonchev–Trinajstić information content (AvgIpc) is 2.71. The number of benzene rings is 2. The average molecular weight is 458 g/mol. The second-order valence-electron chi connectivity index (χ2n) is 6.79. The molecule has 8 nitrogen and oxygen atoms in total. The molecule has 0 bridgehead atoms. The van der Waals surface area contributed by atoms with Gasteiger partial charge in [0.05, 0.1) is 10.9 Å². The monoisotopic (exact) mass is 457 g/mol. The number of rotatable bonds is 6. The maximum atomic E-state index is 12.7. The van der Waals surface area contributed by atoms with Crippen molar-refractivity contribution < 1.29 is 9.59 Å². The van der Waals surface area contributed by atoms with Crippen molar-refractivity contribution in [2.75, 3.05) is 10.6 Å². The predicted molar refractivity (Wildman–Crippen MR) is 123 cm³/mol. The SMILES string of the molecule is CC(=O)Nc1ccc(C)cc1-c1nnc(SC(C)C(=O)Nc2ccc(Cl)cc2)[nH]c1=O. The molecule has 1 aromatic heterocycles. The lowest BCUT2D eigenvalue weighted by Gasteiger charge is -2.12. The van der Waals surface area contributed by atoms with Crippen LogP contribution in [0.5, 0.6) is 0 Å². The Morgan fingerprint density at radius 2 is 1.81 bits per heavy atom. The van der Waals surface area contributed by atoms with Crippen LogP contribution in [0.2, 0.25) is 5.02 Å². The summed E-state index contributed by atoms with van der Waals surface area (Å²) in [5.41, 5.74) is 2.05. The van der Waals surface area contributed by atoms with Crippen molar-refractivity contribution in [2.45, 2.75) is 31.2 Å². The molecule has 3 N–H and O–H groups in total. The maximum Gasteiger partial charge on any atom is 0.278 e. The predicted octanol–water partition coefficient (Wildman–Crippen LogP) is 3.87. The summed E-state index contributed by atoms with van der Waals surface area (Å²) in [5, 5.41) is 13.8. The van der Waals surface area contributed by atoms with Gasteiger partial charge in [-0.25, -0.2) is 0 Å². The standard InChI is InChI=1S/C21H20ClN5O3S/c1-11-4-9-17(23-13(3)28)16(10-11)18-20(30)25-21(27-26-18)31-12(2)19(29)24-15-7-5-14(22)6-8-15/h4-10,12H,1-3H3,(H,23,28)(H,24,29)(H,25,27,30). The van der Waals surface area contributed by atoms with Crippen molar-refractivity contribution in [3.8, 4) is 11.3 Å². The van der Waals surface area contributed by atoms with E-state index in [1.54, 1.807) is 43.3 Å². The Morgan fingerprint density at radius 1 is 1.10 bits per heavy atom. The molecule has 1 heterocycles. The molecule has 0 spiro atoms. The van der Waals surface area contributed by atoms with Gasteiger partial charge in [0.1, 0.15) is 0 Å². The maximum absolute atomic E-state index is 12.7. The number of aromatic amines is 1. The van der Waals surface area contributed by atoms with Crippen LogP contribution in [0.4, 0.5) is 11.4 Å². The number of H-pyrrole nitrogens is 1. The van der Waals surface area contributed by atoms with Crippen LogP contribution in [0.3, 0.4) is 0 Å². The zero-order valence-corrected chi connectivity index (χ0v) is 18.6. The Balaban J connectivity index is 1.77. The minimum Gasteiger partial charge on any atom is -0.326 e. The van der Waals surface area contributed by atoms with E-state index in [1.807, 2.05) is 13.0 Å². The first-order valence-corrected chi connectivity index (χ1v) is 10.6. The highest BCUT2D eigenvalue weighted by Gasteiger charge is 2.18. The van der Waals surface area contributed by atoms with E-state index in [2.05, 4.69) is 25.8 Å². The summed E-state index contributed by atoms with van der Waals surface area (Å²) in [4.78, 5) is 39.2. The van der Waals surface area contributed by atoms with Crippen molar-refractivity contribution in [3.05, 3.63) is 63.4 Å². The van der Waals surface area contributed by atoms with Gasteiger partial charge in [-0.15, -0.1) is 10.2 Å². The Kier molecular flexibility index (Phi) is 7.09. The van der Waals surface area contributed by atoms with Gasteiger partial charge in [-0.05, 0) is 50.2 Å². The first kappa shape index (κ1) is 22.5. The molecule has 0 aliphatic rings. The van der Waals surface area contributed by atoms with E-state index in [0.717, 1.165) is 17.3 Å². The van der Waals surface area contributed by atoms with Crippen LogP contribution in [0.15, 0.2) is 52.4 Å². The molecule has 3 aromatic rings. The molecule has 0 aliphatic heterocycles. The van der Waals surface area contributed by atoms with Gasteiger partial charge in [-0.1, -0.05) is 35.0 Å². The molecule has 160 valence electrons. The number of carbonyl (C=O) groups excluding carboxylic acids is 2. The van der Waals surface area contributed by atoms with Gasteiger partial charge in [0, 0.05) is 23.2 Å². The Labute approximate surface area is 187 Å². The van der Waals surface area contributed by atoms with E-state index in [1.165, 1.54) is 6.92 Å². The molecular formula is C21H20ClN5O3S. The lowest BCUT2D eigenvalue weighted by atomic mass is 10.1. The molecule has 0 saturated carbocycles. The third-order valence-corrected chi connectivity index (χ3v) is 5.41. The summed E-state index contributed by atoms with van der Waals surface area (Å²) in [6.45, 7) is 4.95. The third kappa shape index (κ3) is 5.93. The van der Waals surface area contributed by atoms with Gasteiger partial charge in [-0.2, -0.15) is 0 Å². The Morgan fingerprint density at radius 3 is 2.45 bits per heavy atom. The molecule has 1 atom stereocenters. The van der Waals surface area contributed by atoms with Gasteiger partial charge >= 0.3 is 0 Å². The number of anilines is 2. The van der Waals surface area contributed by atoms with Gasteiger partial charge in [0.2, 0.25) is 11.8 Å². The number of carbonyl (C=O) groups is 2. The second kappa shape index (κ2) is 9.76. The minimum absolute atomic E-state index is 0.0788. The Hall–Kier alpha value is -3.17. The smallest absolute Gasteiger partial charge is 0.278 e. The van der Waals surface area contributed by atoms with E-state index in [0.29, 0.717) is 22.0 Å². The summed E-state index contributed by atoms with van der Waals surface area (Å²) in [6, 6.07) is 12.0. The van der Waals surface area contributed by atoms with Crippen LogP contribution >= 0.6 is 23.4 Å². The zero-order chi connectivity index (χ0) is 22.5. The number of halogens is 1. The van der Waals surface area contributed by atoms with Crippen LogP contribution in [0, 0.1) is 6.92 Å². The second-order valence-corrected chi connectivity index (χ2v) is 8.56. The van der Waals surface area contributed by atoms with Crippen molar-refractivity contribution in [1.82, 2.24) is 15.2 Å². The van der Waals surface area contributed by atoms with Crippen LogP contribution < -0.4 is 16.2 Å². The number of nitrogens with one attached hydrogen (secondary N) is 3. The number of nitrogens with zero attached hydrogens (tertiary/aromatic N) is 2. The van der Waals surface area contributed by atoms with Crippen molar-refractivity contribution in [2.24, 2.45) is 0 Å². The highest BCUT2D eigenvalue weighted by Crippen LogP contribution is 2.26. The first-order valence-electron chi connectivity index (χ1n) is 9.31. The lowest BCUT2D eigenvalue weighted by molar-refractivity contribution is -0.115. The summed E-state index contributed by atoms with van der Waals surface area (Å²) in [6.07, 6.45) is 0. The van der Waals surface area contributed by atoms with Crippen molar-refractivity contribution >= 4 is 46.6 Å². The summed E-state index contributed by atoms with van der Waals surface area (Å²) in [5.74, 6) is -0.520. The molecule has 3 rings (SSSR count). The van der Waals surface area contributed by atoms with E-state index < -0.39 is 10.8 Å². The van der Waals surface area contributed by atoms with Gasteiger partial charge in [0.15, 0.2) is 10.9 Å². The van der Waals surface area contributed by atoms with Crippen molar-refractivity contribution in [3.63, 3.8) is 0 Å². The van der Waals surface area contributed by atoms with Gasteiger partial charge in [0.25, 0.3) is 5.56 Å². The minimum atomic E-state index is -0.541. The highest BCUT2D eigenvalue weighted by atomic mass is 35.5. The van der Waals surface area contributed by atoms with E-state index >= 15 is 0 Å². The summed E-state index contributed by atoms with van der Waals surface area (Å²) in [7, 11) is 0. The fourth-order valence-corrected chi connectivity index (χ4v) is 3.57. The number of hydrogen-bond donors (Lipinski definition) is 3. The molecule has 2 aromatic carbocycles. The Bertz CT molecular complexity index is 1180. The van der Waals surface area contributed by atoms with E-state index in [-0.39, 0.29) is 22.7 Å². The van der Waals surface area contributed by atoms with Gasteiger partial charge < -0.3 is 10.6 Å². The number of thioether (sulfide) groups is 1. The van der Waals surface area contributed by atoms with Crippen LogP contribution in [0.25, 0.3) is 11.3 Å². The normalized spacial score (nSPS) is 11.6. The first-order chi connectivity index (χ1) is 14.7. The number of amides is 2. The van der Waals surface area contributed by atoms with Crippen LogP contribution in [-0.4, -0.2) is 32.2 Å². The molecule has 1 unspecified atom stereocenters. The number of aryl methyl sites for hydroxylation is 1. The van der Waals surface area contributed by atoms with Gasteiger partial charge in [-0.3, -0.25) is 19.4 Å². The molecule has 0 radical (unpaired) electrons. The molecule has 0 fully saturated rings. The number of aromatic nitrogens is 3. The van der Waals surface area contributed by atoms with E-state index in [4.69, 9.17) is 11.6 Å². The quantitative estimate of drug-likeness (QED) is 0.484. The fourth-order valence-electron chi connectivity index (χ4n) is 2.70. The molecule has 2 amide bonds. The molecule has 31 heavy (non-hydrogen) atoms. The summed E-state index contributed by atoms with van der Waals surface area (Å²) >= 11 is 6.92. The topological polar surface area (TPSA) is 117 Å². The fraction of sp³-hybridized carbons (Fsp3) is 0.190. The van der Waals surface area contributed by atoms with Crippen LogP contribution in [-0.2, 0) is 9.59 Å². The number of hydrogen-bond acceptors (Lipinski definition) is 6.